The van der Waals surface area contributed by atoms with Gasteiger partial charge in [-0.1, -0.05) is 62.4 Å². The number of allylic oxidation sites excluding steroid dienone is 1. The third-order valence-electron chi connectivity index (χ3n) is 10.8. The smallest absolute Gasteiger partial charge is 0.241 e. The number of sulfonamides is 1. The Morgan fingerprint density at radius 1 is 1.00 bits per heavy atom. The first kappa shape index (κ1) is 22.6. The molecule has 1 saturated heterocycles. The molecule has 0 N–H and O–H groups in total. The van der Waals surface area contributed by atoms with Crippen LogP contribution in [0.4, 0.5) is 5.69 Å². The van der Waals surface area contributed by atoms with Crippen molar-refractivity contribution in [2.45, 2.75) is 58.0 Å². The van der Waals surface area contributed by atoms with Crippen molar-refractivity contribution in [3.63, 3.8) is 0 Å². The van der Waals surface area contributed by atoms with Crippen LogP contribution in [0.25, 0.3) is 11.1 Å². The molecule has 188 valence electrons. The average Bonchev–Trinajstić information content (AvgIpc) is 3.46. The Bertz CT molecular complexity index is 1410. The van der Waals surface area contributed by atoms with Gasteiger partial charge in [0.05, 0.1) is 23.8 Å². The molecule has 5 aliphatic rings. The number of para-hydroxylation sites is 1. The highest BCUT2D eigenvalue weighted by Gasteiger charge is 2.72. The summed E-state index contributed by atoms with van der Waals surface area (Å²) in [5.74, 6) is 0.0791. The van der Waals surface area contributed by atoms with Crippen molar-refractivity contribution in [2.24, 2.45) is 22.7 Å². The summed E-state index contributed by atoms with van der Waals surface area (Å²) < 4.78 is 28.8. The number of fused-ring (bicyclic) bond motifs is 4. The maximum Gasteiger partial charge on any atom is 0.241 e. The predicted molar refractivity (Wildman–Crippen MR) is 143 cm³/mol. The minimum Gasteiger partial charge on any atom is -0.366 e. The Balaban J connectivity index is 1.33. The summed E-state index contributed by atoms with van der Waals surface area (Å²) in [5, 5.41) is 0. The first-order valence-electron chi connectivity index (χ1n) is 13.3. The van der Waals surface area contributed by atoms with Crippen molar-refractivity contribution in [2.75, 3.05) is 17.7 Å². The van der Waals surface area contributed by atoms with E-state index < -0.39 is 10.0 Å². The van der Waals surface area contributed by atoms with Gasteiger partial charge in [-0.25, -0.2) is 12.7 Å². The summed E-state index contributed by atoms with van der Waals surface area (Å²) in [4.78, 5) is 16.6. The van der Waals surface area contributed by atoms with E-state index in [9.17, 15) is 13.2 Å². The molecule has 2 aromatic carbocycles. The lowest BCUT2D eigenvalue weighted by atomic mass is 9.69. The first-order valence-corrected chi connectivity index (χ1v) is 14.9. The van der Waals surface area contributed by atoms with Crippen molar-refractivity contribution >= 4 is 32.8 Å². The number of anilines is 1. The summed E-state index contributed by atoms with van der Waals surface area (Å²) >= 11 is 0. The number of hydrogen-bond acceptors (Lipinski definition) is 4. The minimum atomic E-state index is -3.64. The Morgan fingerprint density at radius 3 is 2.47 bits per heavy atom. The monoisotopic (exact) mass is 502 g/mol. The van der Waals surface area contributed by atoms with E-state index in [1.807, 2.05) is 12.1 Å². The fourth-order valence-corrected chi connectivity index (χ4v) is 11.4. The van der Waals surface area contributed by atoms with Crippen molar-refractivity contribution < 1.29 is 13.2 Å². The Morgan fingerprint density at radius 2 is 1.72 bits per heavy atom. The second kappa shape index (κ2) is 7.25. The van der Waals surface area contributed by atoms with Gasteiger partial charge in [-0.3, -0.25) is 4.79 Å². The second-order valence-corrected chi connectivity index (χ2v) is 14.1. The highest BCUT2D eigenvalue weighted by Crippen LogP contribution is 2.70. The zero-order chi connectivity index (χ0) is 25.0. The topological polar surface area (TPSA) is 57.7 Å². The molecule has 1 spiro atoms. The number of hydrogen-bond donors (Lipinski definition) is 0. The largest absolute Gasteiger partial charge is 0.366 e. The average molecular weight is 503 g/mol. The van der Waals surface area contributed by atoms with Crippen LogP contribution in [0.15, 0.2) is 54.6 Å². The zero-order valence-corrected chi connectivity index (χ0v) is 22.1. The van der Waals surface area contributed by atoms with E-state index in [-0.39, 0.29) is 40.5 Å². The molecule has 3 aliphatic carbocycles. The molecule has 36 heavy (non-hydrogen) atoms. The number of nitrogens with zero attached hydrogens (tertiary/aromatic N) is 2. The molecular formula is C30H34N2O3S. The van der Waals surface area contributed by atoms with Gasteiger partial charge in [0, 0.05) is 23.7 Å². The van der Waals surface area contributed by atoms with Crippen LogP contribution in [0.1, 0.15) is 57.1 Å². The van der Waals surface area contributed by atoms with E-state index in [4.69, 9.17) is 0 Å². The number of benzene rings is 2. The third kappa shape index (κ3) is 2.66. The Kier molecular flexibility index (Phi) is 4.55. The summed E-state index contributed by atoms with van der Waals surface area (Å²) in [7, 11) is -1.58. The van der Waals surface area contributed by atoms with Crippen LogP contribution in [-0.4, -0.2) is 43.5 Å². The third-order valence-corrected chi connectivity index (χ3v) is 12.7. The molecule has 2 aromatic rings. The van der Waals surface area contributed by atoms with Crippen LogP contribution in [-0.2, 0) is 14.8 Å². The fourth-order valence-electron chi connectivity index (χ4n) is 8.86. The highest BCUT2D eigenvalue weighted by molar-refractivity contribution is 7.90. The van der Waals surface area contributed by atoms with Gasteiger partial charge in [0.1, 0.15) is 0 Å². The molecule has 3 fully saturated rings. The quantitative estimate of drug-likeness (QED) is 0.567. The van der Waals surface area contributed by atoms with Crippen LogP contribution in [0.5, 0.6) is 0 Å². The van der Waals surface area contributed by atoms with Gasteiger partial charge >= 0.3 is 0 Å². The summed E-state index contributed by atoms with van der Waals surface area (Å²) in [5.41, 5.74) is 5.62. The lowest BCUT2D eigenvalue weighted by Gasteiger charge is -2.40. The second-order valence-electron chi connectivity index (χ2n) is 12.2. The van der Waals surface area contributed by atoms with Crippen LogP contribution in [0.2, 0.25) is 0 Å². The van der Waals surface area contributed by atoms with Crippen LogP contribution in [0, 0.1) is 22.7 Å². The van der Waals surface area contributed by atoms with E-state index in [0.717, 1.165) is 31.4 Å². The normalized spacial score (nSPS) is 35.1. The van der Waals surface area contributed by atoms with Crippen LogP contribution in [0.3, 0.4) is 0 Å². The molecule has 5 atom stereocenters. The lowest BCUT2D eigenvalue weighted by molar-refractivity contribution is -0.133. The fraction of sp³-hybridized carbons (Fsp3) is 0.500. The maximum absolute atomic E-state index is 14.4. The Labute approximate surface area is 214 Å². The standard InChI is InChI=1S/C30H34N2O3S/c1-29(2)20-15-16-30(29)18-36(34,35)32(25(30)17-20)28(33)23-14-13-21(19-9-5-4-6-10-19)26-22-11-7-8-12-24(22)31(3)27(23)26/h4-12,20,23,25,27H,13-18H2,1-3H3/t20-,23-,25-,27-,30-/m1/s1. The SMILES string of the molecule is CN1c2ccccc2C2=C(c3ccccc3)CC[C@@H](C(=O)N3[C@@H]4C[C@H]5CC[C@]4(CS3(=O)=O)C5(C)C)[C@H]21. The summed E-state index contributed by atoms with van der Waals surface area (Å²) in [6.07, 6.45) is 4.25. The predicted octanol–water partition coefficient (Wildman–Crippen LogP) is 5.19. The Hall–Kier alpha value is -2.60. The lowest BCUT2D eigenvalue weighted by Crippen LogP contribution is -2.51. The molecular weight excluding hydrogens is 468 g/mol. The van der Waals surface area contributed by atoms with Gasteiger partial charge in [0.25, 0.3) is 0 Å². The van der Waals surface area contributed by atoms with E-state index >= 15 is 0 Å². The number of amides is 1. The molecule has 5 nitrogen and oxygen atoms in total. The van der Waals surface area contributed by atoms with Crippen molar-refractivity contribution in [3.05, 3.63) is 65.7 Å². The van der Waals surface area contributed by atoms with Gasteiger partial charge in [0.15, 0.2) is 0 Å². The van der Waals surface area contributed by atoms with E-state index in [1.165, 1.54) is 26.6 Å². The van der Waals surface area contributed by atoms with Gasteiger partial charge in [-0.05, 0) is 66.2 Å². The van der Waals surface area contributed by atoms with Crippen LogP contribution >= 0.6 is 0 Å². The minimum absolute atomic E-state index is 0.0434. The number of likely N-dealkylation sites (N-methyl/N-ethyl adjacent to an activating group) is 1. The number of carbonyl (C=O) groups is 1. The van der Waals surface area contributed by atoms with Crippen molar-refractivity contribution in [1.82, 2.24) is 4.31 Å². The molecule has 0 aromatic heterocycles. The zero-order valence-electron chi connectivity index (χ0n) is 21.3. The van der Waals surface area contributed by atoms with Crippen molar-refractivity contribution in [3.8, 4) is 0 Å². The molecule has 2 saturated carbocycles. The number of carbonyl (C=O) groups excluding carboxylic acids is 1. The molecule has 2 bridgehead atoms. The number of rotatable bonds is 2. The van der Waals surface area contributed by atoms with E-state index in [1.54, 1.807) is 0 Å². The maximum atomic E-state index is 14.4. The van der Waals surface area contributed by atoms with Crippen molar-refractivity contribution in [1.29, 1.82) is 0 Å². The van der Waals surface area contributed by atoms with Gasteiger partial charge in [-0.15, -0.1) is 0 Å². The molecule has 0 unspecified atom stereocenters. The molecule has 1 amide bonds. The molecule has 7 rings (SSSR count). The highest BCUT2D eigenvalue weighted by atomic mass is 32.2. The van der Waals surface area contributed by atoms with Crippen LogP contribution < -0.4 is 4.90 Å². The first-order chi connectivity index (χ1) is 17.2. The van der Waals surface area contributed by atoms with E-state index in [2.05, 4.69) is 68.3 Å². The summed E-state index contributed by atoms with van der Waals surface area (Å²) in [6, 6.07) is 18.5. The summed E-state index contributed by atoms with van der Waals surface area (Å²) in [6.45, 7) is 4.48. The molecule has 0 radical (unpaired) electrons. The van der Waals surface area contributed by atoms with Gasteiger partial charge in [0.2, 0.25) is 15.9 Å². The van der Waals surface area contributed by atoms with Gasteiger partial charge < -0.3 is 4.90 Å². The van der Waals surface area contributed by atoms with Gasteiger partial charge in [-0.2, -0.15) is 0 Å². The molecule has 2 aliphatic heterocycles. The van der Waals surface area contributed by atoms with E-state index in [0.29, 0.717) is 12.3 Å². The molecule has 2 heterocycles. The molecule has 6 heteroatoms.